The molecule has 1 unspecified atom stereocenters. The van der Waals surface area contributed by atoms with Gasteiger partial charge in [-0.05, 0) is 19.8 Å². The number of rotatable bonds is 4. The summed E-state index contributed by atoms with van der Waals surface area (Å²) in [6.07, 6.45) is 3.22. The molecule has 1 aliphatic rings. The third kappa shape index (κ3) is 3.35. The molecule has 7 heteroatoms. The van der Waals surface area contributed by atoms with Gasteiger partial charge in [0.05, 0.1) is 0 Å². The van der Waals surface area contributed by atoms with E-state index in [4.69, 9.17) is 16.2 Å². The van der Waals surface area contributed by atoms with Gasteiger partial charge < -0.3 is 10.8 Å². The highest BCUT2D eigenvalue weighted by Gasteiger charge is 2.27. The maximum atomic E-state index is 10.9. The van der Waals surface area contributed by atoms with Crippen molar-refractivity contribution >= 4 is 11.9 Å². The number of nitrogens with zero attached hydrogens (tertiary/aromatic N) is 2. The van der Waals surface area contributed by atoms with Gasteiger partial charge >= 0.3 is 5.97 Å². The molecule has 92 valence electrons. The minimum atomic E-state index is -0.945. The van der Waals surface area contributed by atoms with Crippen molar-refractivity contribution in [3.05, 3.63) is 0 Å². The molecule has 0 aliphatic carbocycles. The summed E-state index contributed by atoms with van der Waals surface area (Å²) in [6.45, 7) is 3.14. The lowest BCUT2D eigenvalue weighted by Gasteiger charge is -2.39. The highest BCUT2D eigenvalue weighted by molar-refractivity contribution is 5.76. The Kier molecular flexibility index (Phi) is 4.51. The van der Waals surface area contributed by atoms with Crippen molar-refractivity contribution < 1.29 is 9.90 Å². The van der Waals surface area contributed by atoms with E-state index < -0.39 is 12.0 Å². The first-order chi connectivity index (χ1) is 7.52. The van der Waals surface area contributed by atoms with Crippen molar-refractivity contribution in [3.8, 4) is 0 Å². The third-order valence-corrected chi connectivity index (χ3v) is 2.60. The van der Waals surface area contributed by atoms with Gasteiger partial charge in [-0.2, -0.15) is 0 Å². The van der Waals surface area contributed by atoms with Crippen LogP contribution in [-0.4, -0.2) is 46.3 Å². The molecule has 0 bridgehead atoms. The number of aliphatic carboxylic acids is 1. The summed E-state index contributed by atoms with van der Waals surface area (Å²) in [7, 11) is 0. The number of hydrogen-bond acceptors (Lipinski definition) is 4. The van der Waals surface area contributed by atoms with E-state index in [1.165, 1.54) is 5.12 Å². The van der Waals surface area contributed by atoms with E-state index in [0.717, 1.165) is 32.4 Å². The van der Waals surface area contributed by atoms with Gasteiger partial charge in [0.1, 0.15) is 6.04 Å². The smallest absolute Gasteiger partial charge is 0.324 e. The Balaban J connectivity index is 2.68. The molecule has 0 aromatic heterocycles. The van der Waals surface area contributed by atoms with E-state index in [9.17, 15) is 4.79 Å². The monoisotopic (exact) mass is 229 g/mol. The molecule has 1 aliphatic heterocycles. The fourth-order valence-corrected chi connectivity index (χ4v) is 1.73. The molecule has 1 fully saturated rings. The lowest BCUT2D eigenvalue weighted by Crippen LogP contribution is -2.61. The van der Waals surface area contributed by atoms with Gasteiger partial charge in [-0.3, -0.25) is 15.6 Å². The molecule has 5 N–H and O–H groups in total. The summed E-state index contributed by atoms with van der Waals surface area (Å²) >= 11 is 0. The largest absolute Gasteiger partial charge is 0.480 e. The van der Waals surface area contributed by atoms with Crippen LogP contribution in [0.5, 0.6) is 0 Å². The second kappa shape index (κ2) is 5.66. The first kappa shape index (κ1) is 12.7. The zero-order valence-corrected chi connectivity index (χ0v) is 9.44. The van der Waals surface area contributed by atoms with Crippen LogP contribution in [0.4, 0.5) is 0 Å². The Bertz CT molecular complexity index is 265. The molecular weight excluding hydrogens is 210 g/mol. The number of hydrazine groups is 2. The number of piperidine rings is 1. The molecular formula is C9H19N5O2. The number of hydrogen-bond donors (Lipinski definition) is 4. The molecule has 7 nitrogen and oxygen atoms in total. The van der Waals surface area contributed by atoms with Crippen LogP contribution in [0.1, 0.15) is 26.2 Å². The van der Waals surface area contributed by atoms with Crippen molar-refractivity contribution in [3.63, 3.8) is 0 Å². The van der Waals surface area contributed by atoms with Crippen LogP contribution in [0.3, 0.4) is 0 Å². The minimum absolute atomic E-state index is 0.251. The summed E-state index contributed by atoms with van der Waals surface area (Å²) in [5.74, 6) is -1.20. The van der Waals surface area contributed by atoms with Crippen molar-refractivity contribution in [2.24, 2.45) is 5.73 Å². The van der Waals surface area contributed by atoms with Crippen molar-refractivity contribution in [1.82, 2.24) is 15.6 Å². The van der Waals surface area contributed by atoms with Gasteiger partial charge in [-0.25, -0.2) is 5.01 Å². The maximum Gasteiger partial charge on any atom is 0.324 e. The van der Waals surface area contributed by atoms with Crippen LogP contribution in [-0.2, 0) is 4.79 Å². The van der Waals surface area contributed by atoms with Gasteiger partial charge in [0.25, 0.3) is 0 Å². The Labute approximate surface area is 94.6 Å². The average Bonchev–Trinajstić information content (AvgIpc) is 2.26. The van der Waals surface area contributed by atoms with Crippen molar-refractivity contribution in [1.29, 1.82) is 5.41 Å². The molecule has 0 amide bonds. The van der Waals surface area contributed by atoms with E-state index in [0.29, 0.717) is 0 Å². The zero-order valence-electron chi connectivity index (χ0n) is 9.44. The summed E-state index contributed by atoms with van der Waals surface area (Å²) < 4.78 is 0. The topological polar surface area (TPSA) is 106 Å². The summed E-state index contributed by atoms with van der Waals surface area (Å²) in [6, 6.07) is -0.748. The second-order valence-corrected chi connectivity index (χ2v) is 3.90. The van der Waals surface area contributed by atoms with E-state index >= 15 is 0 Å². The van der Waals surface area contributed by atoms with Crippen LogP contribution in [0.25, 0.3) is 0 Å². The molecule has 0 spiro atoms. The minimum Gasteiger partial charge on any atom is -0.480 e. The lowest BCUT2D eigenvalue weighted by atomic mass is 10.2. The number of carboxylic acids is 1. The van der Waals surface area contributed by atoms with Gasteiger partial charge in [-0.15, -0.1) is 5.12 Å². The highest BCUT2D eigenvalue weighted by atomic mass is 16.4. The molecule has 0 aromatic carbocycles. The van der Waals surface area contributed by atoms with E-state index in [-0.39, 0.29) is 5.96 Å². The molecule has 1 atom stereocenters. The molecule has 1 rings (SSSR count). The SMILES string of the molecule is CC(C(=O)O)N(NC(=N)N)N1CCCCC1. The molecule has 0 saturated carbocycles. The highest BCUT2D eigenvalue weighted by Crippen LogP contribution is 2.12. The Hall–Kier alpha value is -1.34. The first-order valence-corrected chi connectivity index (χ1v) is 5.40. The van der Waals surface area contributed by atoms with Crippen molar-refractivity contribution in [2.45, 2.75) is 32.2 Å². The Morgan fingerprint density at radius 3 is 2.50 bits per heavy atom. The average molecular weight is 229 g/mol. The van der Waals surface area contributed by atoms with Crippen LogP contribution in [0.2, 0.25) is 0 Å². The third-order valence-electron chi connectivity index (χ3n) is 2.60. The molecule has 0 aromatic rings. The fraction of sp³-hybridized carbons (Fsp3) is 0.778. The van der Waals surface area contributed by atoms with Gasteiger partial charge in [0, 0.05) is 13.1 Å². The van der Waals surface area contributed by atoms with Crippen LogP contribution in [0.15, 0.2) is 0 Å². The Morgan fingerprint density at radius 1 is 1.50 bits per heavy atom. The number of nitrogens with two attached hydrogens (primary N) is 1. The molecule has 0 radical (unpaired) electrons. The van der Waals surface area contributed by atoms with Gasteiger partial charge in [0.15, 0.2) is 0 Å². The van der Waals surface area contributed by atoms with Gasteiger partial charge in [0.2, 0.25) is 5.96 Å². The number of guanidine groups is 1. The van der Waals surface area contributed by atoms with Crippen molar-refractivity contribution in [2.75, 3.05) is 13.1 Å². The maximum absolute atomic E-state index is 10.9. The van der Waals surface area contributed by atoms with Crippen LogP contribution < -0.4 is 11.2 Å². The normalized spacial score (nSPS) is 19.4. The zero-order chi connectivity index (χ0) is 12.1. The van der Waals surface area contributed by atoms with Crippen LogP contribution >= 0.6 is 0 Å². The standard InChI is InChI=1S/C9H19N5O2/c1-7(8(15)16)14(12-9(10)11)13-5-3-2-4-6-13/h7H,2-6H2,1H3,(H,15,16)(H4,10,11,12). The second-order valence-electron chi connectivity index (χ2n) is 3.90. The van der Waals surface area contributed by atoms with E-state index in [1.807, 2.05) is 5.01 Å². The van der Waals surface area contributed by atoms with Gasteiger partial charge in [-0.1, -0.05) is 6.42 Å². The van der Waals surface area contributed by atoms with E-state index in [1.54, 1.807) is 6.92 Å². The molecule has 16 heavy (non-hydrogen) atoms. The predicted octanol–water partition coefficient (Wildman–Crippen LogP) is -0.440. The molecule has 1 heterocycles. The number of carbonyl (C=O) groups is 1. The fourth-order valence-electron chi connectivity index (χ4n) is 1.73. The quantitative estimate of drug-likeness (QED) is 0.296. The summed E-state index contributed by atoms with van der Waals surface area (Å²) in [4.78, 5) is 10.9. The first-order valence-electron chi connectivity index (χ1n) is 5.40. The summed E-state index contributed by atoms with van der Waals surface area (Å²) in [5.41, 5.74) is 7.82. The molecule has 1 saturated heterocycles. The Morgan fingerprint density at radius 2 is 2.06 bits per heavy atom. The summed E-state index contributed by atoms with van der Waals surface area (Å²) in [5, 5.41) is 19.5. The number of nitrogens with one attached hydrogen (secondary N) is 2. The number of carboxylic acid groups (broad SMARTS) is 1. The lowest BCUT2D eigenvalue weighted by molar-refractivity contribution is -0.158. The van der Waals surface area contributed by atoms with Crippen LogP contribution in [0, 0.1) is 5.41 Å². The predicted molar refractivity (Wildman–Crippen MR) is 59.4 cm³/mol. The van der Waals surface area contributed by atoms with E-state index in [2.05, 4.69) is 5.43 Å².